The molecule has 0 aromatic carbocycles. The van der Waals surface area contributed by atoms with Gasteiger partial charge in [-0.25, -0.2) is 0 Å². The van der Waals surface area contributed by atoms with Gasteiger partial charge in [-0.2, -0.15) is 0 Å². The van der Waals surface area contributed by atoms with Gasteiger partial charge in [0.15, 0.2) is 0 Å². The molecule has 0 aromatic rings. The Morgan fingerprint density at radius 2 is 1.46 bits per heavy atom. The van der Waals surface area contributed by atoms with Crippen molar-refractivity contribution >= 4 is 15.9 Å². The Morgan fingerprint density at radius 3 is 2.09 bits per heavy atom. The molecule has 0 aliphatic heterocycles. The summed E-state index contributed by atoms with van der Waals surface area (Å²) in [5.74, 6) is 5.16. The smallest absolute Gasteiger partial charge is 0.0649 e. The normalized spacial score (nSPS) is 34.7. The fraction of sp³-hybridized carbons (Fsp3) is 0.939. The number of halogens is 1. The molecule has 0 bridgehead atoms. The Hall–Kier alpha value is -1.71. The van der Waals surface area contributed by atoms with Gasteiger partial charge in [0.25, 0.3) is 0 Å². The van der Waals surface area contributed by atoms with Gasteiger partial charge in [0, 0.05) is 70.9 Å². The zero-order valence-electron chi connectivity index (χ0n) is 28.1. The number of fused-ring (bicyclic) bond motifs is 5. The summed E-state index contributed by atoms with van der Waals surface area (Å²) in [6.45, 7) is 10.6. The Bertz CT molecular complexity index is 1110. The lowest BCUT2D eigenvalue weighted by Gasteiger charge is -2.64. The number of hydrogen-bond donors (Lipinski definition) is 0. The molecular weight excluding hydrogens is 650 g/mol. The summed E-state index contributed by atoms with van der Waals surface area (Å²) in [4.78, 5) is 8.72. The Labute approximate surface area is 283 Å². The molecule has 13 heteroatoms. The van der Waals surface area contributed by atoms with Crippen molar-refractivity contribution in [3.63, 3.8) is 0 Å². The van der Waals surface area contributed by atoms with Crippen LogP contribution in [0.15, 0.2) is 15.3 Å². The van der Waals surface area contributed by atoms with Crippen LogP contribution in [0, 0.1) is 46.3 Å². The van der Waals surface area contributed by atoms with Crippen molar-refractivity contribution in [1.82, 2.24) is 0 Å². The molecule has 0 spiro atoms. The second-order valence-electron chi connectivity index (χ2n) is 14.3. The van der Waals surface area contributed by atoms with Crippen LogP contribution in [0.25, 0.3) is 31.3 Å². The SMILES string of the molecule is C[C@H](CCCBr)[C@H]1CC[C@H]2[C]3[C@H](OCCCN=[N+]=[N-])C[C]4C[C@H](OCCCN=[N+]=[N-])CC[C@]4(C)[C@H]3C[C@H](OCCCN=[N+]=[N-])[C@]12C. The molecule has 4 aliphatic rings. The van der Waals surface area contributed by atoms with Crippen LogP contribution in [0.5, 0.6) is 0 Å². The van der Waals surface area contributed by atoms with E-state index in [1.54, 1.807) is 11.8 Å². The van der Waals surface area contributed by atoms with Crippen molar-refractivity contribution in [3.05, 3.63) is 43.2 Å². The number of azide groups is 3. The van der Waals surface area contributed by atoms with Crippen LogP contribution < -0.4 is 0 Å². The molecule has 4 fully saturated rings. The molecule has 46 heavy (non-hydrogen) atoms. The topological polar surface area (TPSA) is 174 Å². The van der Waals surface area contributed by atoms with Crippen LogP contribution in [0.4, 0.5) is 0 Å². The Kier molecular flexibility index (Phi) is 14.7. The highest BCUT2D eigenvalue weighted by Crippen LogP contribution is 2.70. The zero-order chi connectivity index (χ0) is 33.0. The number of rotatable bonds is 19. The van der Waals surface area contributed by atoms with Gasteiger partial charge in [0.1, 0.15) is 0 Å². The first-order chi connectivity index (χ1) is 22.3. The first kappa shape index (κ1) is 37.1. The van der Waals surface area contributed by atoms with Crippen LogP contribution in [-0.2, 0) is 14.2 Å². The largest absolute Gasteiger partial charge is 0.378 e. The first-order valence-corrected chi connectivity index (χ1v) is 18.6. The zero-order valence-corrected chi connectivity index (χ0v) is 29.7. The summed E-state index contributed by atoms with van der Waals surface area (Å²) in [7, 11) is 0. The molecule has 0 saturated heterocycles. The van der Waals surface area contributed by atoms with Gasteiger partial charge >= 0.3 is 0 Å². The molecule has 4 rings (SSSR count). The lowest BCUT2D eigenvalue weighted by molar-refractivity contribution is -0.152. The van der Waals surface area contributed by atoms with Gasteiger partial charge in [-0.05, 0) is 129 Å². The first-order valence-electron chi connectivity index (χ1n) is 17.5. The third-order valence-electron chi connectivity index (χ3n) is 12.0. The molecule has 0 aromatic heterocycles. The lowest BCUT2D eigenvalue weighted by atomic mass is 9.43. The van der Waals surface area contributed by atoms with Crippen molar-refractivity contribution in [2.45, 2.75) is 116 Å². The maximum absolute atomic E-state index is 8.79. The van der Waals surface area contributed by atoms with Crippen molar-refractivity contribution < 1.29 is 14.2 Å². The Balaban J connectivity index is 1.61. The van der Waals surface area contributed by atoms with Gasteiger partial charge in [0.05, 0.1) is 18.3 Å². The van der Waals surface area contributed by atoms with E-state index in [9.17, 15) is 0 Å². The van der Waals surface area contributed by atoms with Crippen LogP contribution in [0.1, 0.15) is 97.8 Å². The average molecular weight is 705 g/mol. The van der Waals surface area contributed by atoms with Crippen LogP contribution >= 0.6 is 15.9 Å². The van der Waals surface area contributed by atoms with Crippen LogP contribution in [0.3, 0.4) is 0 Å². The number of alkyl halides is 1. The van der Waals surface area contributed by atoms with E-state index in [-0.39, 0.29) is 29.1 Å². The fourth-order valence-corrected chi connectivity index (χ4v) is 10.1. The van der Waals surface area contributed by atoms with Gasteiger partial charge in [-0.1, -0.05) is 52.0 Å². The molecule has 0 amide bonds. The summed E-state index contributed by atoms with van der Waals surface area (Å²) in [6.07, 6.45) is 12.3. The minimum Gasteiger partial charge on any atom is -0.378 e. The number of ether oxygens (including phenoxy) is 3. The molecular formula is C33H54BrN9O3. The minimum atomic E-state index is 0.0167. The predicted molar refractivity (Wildman–Crippen MR) is 183 cm³/mol. The summed E-state index contributed by atoms with van der Waals surface area (Å²) in [5, 5.41) is 12.2. The van der Waals surface area contributed by atoms with Crippen molar-refractivity contribution in [3.8, 4) is 0 Å². The minimum absolute atomic E-state index is 0.0167. The second-order valence-corrected chi connectivity index (χ2v) is 15.1. The lowest BCUT2D eigenvalue weighted by Crippen LogP contribution is -2.62. The predicted octanol–water partition coefficient (Wildman–Crippen LogP) is 9.85. The molecule has 0 unspecified atom stereocenters. The molecule has 12 nitrogen and oxygen atoms in total. The molecule has 0 N–H and O–H groups in total. The summed E-state index contributed by atoms with van der Waals surface area (Å²) in [5.41, 5.74) is 26.3. The van der Waals surface area contributed by atoms with Crippen LogP contribution in [0.2, 0.25) is 0 Å². The Morgan fingerprint density at radius 1 is 0.826 bits per heavy atom. The molecule has 256 valence electrons. The van der Waals surface area contributed by atoms with Gasteiger partial charge in [-0.15, -0.1) is 0 Å². The third kappa shape index (κ3) is 8.46. The van der Waals surface area contributed by atoms with Crippen LogP contribution in [-0.4, -0.2) is 63.1 Å². The van der Waals surface area contributed by atoms with Crippen molar-refractivity contribution in [2.24, 2.45) is 49.8 Å². The van der Waals surface area contributed by atoms with E-state index in [2.05, 4.69) is 66.8 Å². The summed E-state index contributed by atoms with van der Waals surface area (Å²) >= 11 is 3.66. The molecule has 2 radical (unpaired) electrons. The molecule has 0 heterocycles. The van der Waals surface area contributed by atoms with Gasteiger partial charge < -0.3 is 14.2 Å². The summed E-state index contributed by atoms with van der Waals surface area (Å²) in [6, 6.07) is 0. The van der Waals surface area contributed by atoms with E-state index in [4.69, 9.17) is 30.8 Å². The van der Waals surface area contributed by atoms with E-state index in [1.807, 2.05) is 0 Å². The summed E-state index contributed by atoms with van der Waals surface area (Å²) < 4.78 is 20.0. The average Bonchev–Trinajstić information content (AvgIpc) is 3.41. The highest BCUT2D eigenvalue weighted by molar-refractivity contribution is 9.09. The van der Waals surface area contributed by atoms with E-state index >= 15 is 0 Å². The molecule has 4 aliphatic carbocycles. The van der Waals surface area contributed by atoms with E-state index in [1.165, 1.54) is 25.7 Å². The number of nitrogens with zero attached hydrogens (tertiary/aromatic N) is 9. The molecule has 9 atom stereocenters. The number of hydrogen-bond acceptors (Lipinski definition) is 6. The second kappa shape index (κ2) is 18.2. The van der Waals surface area contributed by atoms with E-state index in [0.29, 0.717) is 69.5 Å². The molecule has 4 saturated carbocycles. The van der Waals surface area contributed by atoms with E-state index < -0.39 is 0 Å². The van der Waals surface area contributed by atoms with Crippen molar-refractivity contribution in [1.29, 1.82) is 0 Å². The van der Waals surface area contributed by atoms with E-state index in [0.717, 1.165) is 50.3 Å². The monoisotopic (exact) mass is 703 g/mol. The van der Waals surface area contributed by atoms with Gasteiger partial charge in [0.2, 0.25) is 0 Å². The van der Waals surface area contributed by atoms with Crippen molar-refractivity contribution in [2.75, 3.05) is 44.8 Å². The highest BCUT2D eigenvalue weighted by atomic mass is 79.9. The van der Waals surface area contributed by atoms with Gasteiger partial charge in [-0.3, -0.25) is 0 Å². The fourth-order valence-electron chi connectivity index (χ4n) is 9.75. The highest BCUT2D eigenvalue weighted by Gasteiger charge is 2.67. The quantitative estimate of drug-likeness (QED) is 0.0428. The third-order valence-corrected chi connectivity index (χ3v) is 12.5. The standard InChI is InChI=1S/C33H54BrN9O3/c1-23(8-4-13-34)26-9-10-27-31-28(22-30(33(26,27)3)46-19-7-16-40-43-37)32(2)12-11-25(44-17-5-14-38-41-35)20-24(32)21-29(31)45-18-6-15-39-42-36/h23,25-30H,4-22H2,1-3H3/t23-,25-,26-,27+,28+,29-,30+,32+,33-/m1/s1. The maximum atomic E-state index is 8.79. The maximum Gasteiger partial charge on any atom is 0.0649 e.